The summed E-state index contributed by atoms with van der Waals surface area (Å²) in [5.74, 6) is 0.961. The van der Waals surface area contributed by atoms with Crippen molar-refractivity contribution in [2.75, 3.05) is 13.7 Å². The summed E-state index contributed by atoms with van der Waals surface area (Å²) < 4.78 is 17.0. The number of carbonyl (C=O) groups is 1. The average Bonchev–Trinajstić information content (AvgIpc) is 2.70. The molecule has 0 saturated heterocycles. The summed E-state index contributed by atoms with van der Waals surface area (Å²) in [6.07, 6.45) is 0.750. The van der Waals surface area contributed by atoms with Crippen LogP contribution in [0.15, 0.2) is 42.8 Å². The van der Waals surface area contributed by atoms with Gasteiger partial charge in [0.1, 0.15) is 12.4 Å². The van der Waals surface area contributed by atoms with E-state index in [9.17, 15) is 4.79 Å². The Balaban J connectivity index is 1.83. The largest absolute Gasteiger partial charge is 0.489 e. The highest BCUT2D eigenvalue weighted by molar-refractivity contribution is 5.79. The summed E-state index contributed by atoms with van der Waals surface area (Å²) in [5, 5.41) is 0. The minimum atomic E-state index is -0.573. The molecule has 0 aliphatic carbocycles. The third-order valence-electron chi connectivity index (χ3n) is 5.68. The molecule has 0 fully saturated rings. The lowest BCUT2D eigenvalue weighted by molar-refractivity contribution is -0.148. The number of methoxy groups -OCH3 is 1. The maximum absolute atomic E-state index is 12.6. The predicted octanol–water partition coefficient (Wildman–Crippen LogP) is 5.16. The molecule has 0 spiro atoms. The number of aryl methyl sites for hydroxylation is 3. The molecule has 0 aromatic heterocycles. The molecule has 2 aromatic rings. The summed E-state index contributed by atoms with van der Waals surface area (Å²) >= 11 is 0. The molecule has 5 heteroatoms. The first-order valence-electron chi connectivity index (χ1n) is 10.7. The van der Waals surface area contributed by atoms with E-state index >= 15 is 0 Å². The van der Waals surface area contributed by atoms with Crippen molar-refractivity contribution in [3.8, 4) is 5.75 Å². The molecular weight excluding hydrogens is 390 g/mol. The van der Waals surface area contributed by atoms with Crippen LogP contribution in [0, 0.1) is 20.8 Å². The number of benzene rings is 2. The number of hydrogen-bond acceptors (Lipinski definition) is 5. The van der Waals surface area contributed by atoms with Crippen LogP contribution in [0.5, 0.6) is 5.75 Å². The molecule has 1 aliphatic rings. The quantitative estimate of drug-likeness (QED) is 0.455. The number of hydrogen-bond donors (Lipinski definition) is 0. The van der Waals surface area contributed by atoms with Crippen molar-refractivity contribution in [3.05, 3.63) is 76.2 Å². The van der Waals surface area contributed by atoms with Crippen LogP contribution in [-0.4, -0.2) is 30.6 Å². The third-order valence-corrected chi connectivity index (χ3v) is 5.68. The molecule has 3 rings (SSSR count). The monoisotopic (exact) mass is 423 g/mol. The van der Waals surface area contributed by atoms with Crippen LogP contribution < -0.4 is 4.74 Å². The van der Waals surface area contributed by atoms with E-state index in [1.807, 2.05) is 36.9 Å². The van der Waals surface area contributed by atoms with Crippen molar-refractivity contribution < 1.29 is 19.0 Å². The van der Waals surface area contributed by atoms with E-state index in [2.05, 4.69) is 39.5 Å². The molecule has 0 radical (unpaired) electrons. The minimum Gasteiger partial charge on any atom is -0.489 e. The number of ether oxygens (including phenoxy) is 3. The lowest BCUT2D eigenvalue weighted by atomic mass is 9.92. The zero-order valence-electron chi connectivity index (χ0n) is 19.5. The van der Waals surface area contributed by atoms with Crippen LogP contribution in [0.25, 0.3) is 0 Å². The highest BCUT2D eigenvalue weighted by atomic mass is 16.5. The van der Waals surface area contributed by atoms with Crippen LogP contribution in [0.3, 0.4) is 0 Å². The second-order valence-electron chi connectivity index (χ2n) is 8.46. The van der Waals surface area contributed by atoms with Crippen molar-refractivity contribution >= 4 is 5.97 Å². The van der Waals surface area contributed by atoms with Crippen LogP contribution in [0.4, 0.5) is 0 Å². The molecular formula is C26H33NO4. The van der Waals surface area contributed by atoms with Gasteiger partial charge in [-0.2, -0.15) is 0 Å². The van der Waals surface area contributed by atoms with Gasteiger partial charge in [-0.05, 0) is 87.6 Å². The standard InChI is InChI=1S/C26H33NO4/c1-16(2)31-20(6)27-11-10-21-14-22(8-9-23(21)25(27)26(28)29-7)30-15-24-18(4)12-17(3)13-19(24)5/h8-9,12-14,16,25H,6,10-11,15H2,1-5,7H3/t25-/m1/s1. The molecule has 1 aliphatic heterocycles. The molecule has 1 heterocycles. The van der Waals surface area contributed by atoms with Crippen molar-refractivity contribution in [1.82, 2.24) is 4.90 Å². The normalized spacial score (nSPS) is 15.5. The molecule has 0 N–H and O–H groups in total. The van der Waals surface area contributed by atoms with Crippen molar-refractivity contribution in [2.45, 2.75) is 59.8 Å². The molecule has 0 bridgehead atoms. The van der Waals surface area contributed by atoms with E-state index in [4.69, 9.17) is 14.2 Å². The van der Waals surface area contributed by atoms with Gasteiger partial charge in [0, 0.05) is 6.54 Å². The molecule has 2 aromatic carbocycles. The molecule has 0 amide bonds. The summed E-state index contributed by atoms with van der Waals surface area (Å²) in [7, 11) is 1.41. The molecule has 0 saturated carbocycles. The number of carbonyl (C=O) groups excluding carboxylic acids is 1. The van der Waals surface area contributed by atoms with Crippen molar-refractivity contribution in [3.63, 3.8) is 0 Å². The molecule has 166 valence electrons. The zero-order chi connectivity index (χ0) is 22.7. The van der Waals surface area contributed by atoms with Gasteiger partial charge in [-0.3, -0.25) is 0 Å². The van der Waals surface area contributed by atoms with Crippen molar-refractivity contribution in [1.29, 1.82) is 0 Å². The lowest BCUT2D eigenvalue weighted by Crippen LogP contribution is -2.40. The van der Waals surface area contributed by atoms with Gasteiger partial charge < -0.3 is 19.1 Å². The maximum atomic E-state index is 12.6. The molecule has 1 atom stereocenters. The fourth-order valence-corrected chi connectivity index (χ4v) is 4.26. The van der Waals surface area contributed by atoms with Gasteiger partial charge in [0.2, 0.25) is 0 Å². The Hall–Kier alpha value is -2.95. The smallest absolute Gasteiger partial charge is 0.333 e. The van der Waals surface area contributed by atoms with Gasteiger partial charge in [0.05, 0.1) is 13.2 Å². The van der Waals surface area contributed by atoms with Crippen LogP contribution in [0.2, 0.25) is 0 Å². The highest BCUT2D eigenvalue weighted by Crippen LogP contribution is 2.35. The minimum absolute atomic E-state index is 0.0170. The number of rotatable bonds is 7. The summed E-state index contributed by atoms with van der Waals surface area (Å²) in [6.45, 7) is 15.4. The molecule has 31 heavy (non-hydrogen) atoms. The Morgan fingerprint density at radius 3 is 2.45 bits per heavy atom. The predicted molar refractivity (Wildman–Crippen MR) is 122 cm³/mol. The summed E-state index contributed by atoms with van der Waals surface area (Å²) in [6, 6.07) is 9.70. The second-order valence-corrected chi connectivity index (χ2v) is 8.46. The van der Waals surface area contributed by atoms with E-state index in [-0.39, 0.29) is 12.1 Å². The van der Waals surface area contributed by atoms with Crippen LogP contribution in [-0.2, 0) is 27.3 Å². The fourth-order valence-electron chi connectivity index (χ4n) is 4.26. The van der Waals surface area contributed by atoms with Crippen molar-refractivity contribution in [2.24, 2.45) is 0 Å². The van der Waals surface area contributed by atoms with Gasteiger partial charge in [-0.15, -0.1) is 0 Å². The molecule has 0 unspecified atom stereocenters. The Bertz CT molecular complexity index is 956. The SMILES string of the molecule is C=C(OC(C)C)N1CCc2cc(OCc3c(C)cc(C)cc3C)ccc2[C@@H]1C(=O)OC. The van der Waals surface area contributed by atoms with Gasteiger partial charge in [0.25, 0.3) is 0 Å². The van der Waals surface area contributed by atoms with Crippen LogP contribution in [0.1, 0.15) is 53.3 Å². The topological polar surface area (TPSA) is 48.0 Å². The first-order chi connectivity index (χ1) is 14.7. The fraction of sp³-hybridized carbons (Fsp3) is 0.423. The number of nitrogens with zero attached hydrogens (tertiary/aromatic N) is 1. The third kappa shape index (κ3) is 5.04. The van der Waals surface area contributed by atoms with E-state index in [1.165, 1.54) is 29.4 Å². The second kappa shape index (κ2) is 9.46. The first-order valence-corrected chi connectivity index (χ1v) is 10.7. The first kappa shape index (κ1) is 22.7. The van der Waals surface area contributed by atoms with E-state index in [0.717, 1.165) is 23.3 Å². The van der Waals surface area contributed by atoms with Crippen LogP contribution >= 0.6 is 0 Å². The highest BCUT2D eigenvalue weighted by Gasteiger charge is 2.35. The Morgan fingerprint density at radius 2 is 1.84 bits per heavy atom. The van der Waals surface area contributed by atoms with Gasteiger partial charge in [-0.25, -0.2) is 4.79 Å². The van der Waals surface area contributed by atoms with E-state index < -0.39 is 6.04 Å². The number of fused-ring (bicyclic) bond motifs is 1. The maximum Gasteiger partial charge on any atom is 0.333 e. The summed E-state index contributed by atoms with van der Waals surface area (Å²) in [4.78, 5) is 14.5. The average molecular weight is 424 g/mol. The Morgan fingerprint density at radius 1 is 1.16 bits per heavy atom. The zero-order valence-corrected chi connectivity index (χ0v) is 19.5. The lowest BCUT2D eigenvalue weighted by Gasteiger charge is -2.38. The Kier molecular flexibility index (Phi) is 6.94. The summed E-state index contributed by atoms with van der Waals surface area (Å²) in [5.41, 5.74) is 6.93. The number of esters is 1. The molecule has 5 nitrogen and oxygen atoms in total. The van der Waals surface area contributed by atoms with Gasteiger partial charge in [-0.1, -0.05) is 23.8 Å². The van der Waals surface area contributed by atoms with Gasteiger partial charge >= 0.3 is 5.97 Å². The van der Waals surface area contributed by atoms with E-state index in [1.54, 1.807) is 0 Å². The van der Waals surface area contributed by atoms with Gasteiger partial charge in [0.15, 0.2) is 11.9 Å². The Labute approximate surface area is 185 Å². The van der Waals surface area contributed by atoms with E-state index in [0.29, 0.717) is 19.0 Å².